The van der Waals surface area contributed by atoms with Crippen molar-refractivity contribution in [2.45, 2.75) is 26.3 Å². The molecule has 0 fully saturated rings. The number of thioether (sulfide) groups is 1. The van der Waals surface area contributed by atoms with Crippen molar-refractivity contribution in [1.82, 2.24) is 0 Å². The third-order valence-corrected chi connectivity index (χ3v) is 3.61. The van der Waals surface area contributed by atoms with E-state index in [1.54, 1.807) is 18.2 Å². The number of hydrogen-bond donors (Lipinski definition) is 3. The molecular formula is C12H20N4O2S. The Morgan fingerprint density at radius 2 is 2.16 bits per heavy atom. The van der Waals surface area contributed by atoms with E-state index in [0.717, 1.165) is 17.9 Å². The van der Waals surface area contributed by atoms with Gasteiger partial charge in [-0.2, -0.15) is 11.8 Å². The summed E-state index contributed by atoms with van der Waals surface area (Å²) in [6, 6.07) is 5.19. The van der Waals surface area contributed by atoms with E-state index in [-0.39, 0.29) is 11.7 Å². The molecule has 0 bridgehead atoms. The molecular weight excluding hydrogens is 264 g/mol. The molecule has 1 aromatic rings. The third-order valence-electron chi connectivity index (χ3n) is 2.68. The average Bonchev–Trinajstić information content (AvgIpc) is 2.38. The summed E-state index contributed by atoms with van der Waals surface area (Å²) in [5.74, 6) is 7.42. The van der Waals surface area contributed by atoms with Gasteiger partial charge in [0.15, 0.2) is 0 Å². The van der Waals surface area contributed by atoms with E-state index >= 15 is 0 Å². The summed E-state index contributed by atoms with van der Waals surface area (Å²) in [5, 5.41) is 14.3. The topological polar surface area (TPSA) is 93.2 Å². The van der Waals surface area contributed by atoms with E-state index in [2.05, 4.69) is 17.7 Å². The Morgan fingerprint density at radius 1 is 1.47 bits per heavy atom. The second kappa shape index (κ2) is 7.85. The molecule has 0 aromatic heterocycles. The number of anilines is 2. The molecule has 0 heterocycles. The van der Waals surface area contributed by atoms with Crippen molar-refractivity contribution in [3.8, 4) is 0 Å². The van der Waals surface area contributed by atoms with Crippen molar-refractivity contribution >= 4 is 28.8 Å². The number of nitrogens with zero attached hydrogens (tertiary/aromatic N) is 1. The minimum absolute atomic E-state index is 0.0139. The second-order valence-electron chi connectivity index (χ2n) is 4.13. The van der Waals surface area contributed by atoms with Crippen LogP contribution in [-0.4, -0.2) is 22.5 Å². The van der Waals surface area contributed by atoms with Crippen LogP contribution in [0.2, 0.25) is 0 Å². The number of nitrogens with one attached hydrogen (secondary N) is 2. The van der Waals surface area contributed by atoms with Gasteiger partial charge >= 0.3 is 5.69 Å². The average molecular weight is 284 g/mol. The summed E-state index contributed by atoms with van der Waals surface area (Å²) in [6.45, 7) is 4.13. The zero-order valence-corrected chi connectivity index (χ0v) is 12.0. The highest BCUT2D eigenvalue weighted by molar-refractivity contribution is 7.99. The van der Waals surface area contributed by atoms with Crippen LogP contribution in [0.3, 0.4) is 0 Å². The SMILES string of the molecule is CCSCCC(C)Nc1cccc(NN)c1[N+](=O)[O-]. The number of rotatable bonds is 8. The fraction of sp³-hybridized carbons (Fsp3) is 0.500. The molecule has 1 atom stereocenters. The Labute approximate surface area is 117 Å². The number of para-hydroxylation sites is 1. The van der Waals surface area contributed by atoms with E-state index in [4.69, 9.17) is 5.84 Å². The van der Waals surface area contributed by atoms with Gasteiger partial charge in [0.05, 0.1) is 4.92 Å². The number of nitrogen functional groups attached to an aromatic ring is 1. The minimum Gasteiger partial charge on any atom is -0.377 e. The molecule has 19 heavy (non-hydrogen) atoms. The van der Waals surface area contributed by atoms with E-state index in [1.165, 1.54) is 0 Å². The van der Waals surface area contributed by atoms with Crippen LogP contribution in [0, 0.1) is 10.1 Å². The molecule has 0 amide bonds. The predicted molar refractivity (Wildman–Crippen MR) is 81.6 cm³/mol. The number of benzene rings is 1. The quantitative estimate of drug-likeness (QED) is 0.294. The number of nitrogens with two attached hydrogens (primary N) is 1. The fourth-order valence-electron chi connectivity index (χ4n) is 1.72. The van der Waals surface area contributed by atoms with Crippen molar-refractivity contribution in [2.75, 3.05) is 22.2 Å². The van der Waals surface area contributed by atoms with E-state index < -0.39 is 4.92 Å². The van der Waals surface area contributed by atoms with Gasteiger partial charge in [0.25, 0.3) is 0 Å². The molecule has 0 spiro atoms. The summed E-state index contributed by atoms with van der Waals surface area (Å²) >= 11 is 1.86. The van der Waals surface area contributed by atoms with Gasteiger partial charge in [-0.25, -0.2) is 0 Å². The maximum Gasteiger partial charge on any atom is 0.316 e. The van der Waals surface area contributed by atoms with Gasteiger partial charge in [0.1, 0.15) is 11.4 Å². The molecule has 6 nitrogen and oxygen atoms in total. The molecule has 0 aliphatic rings. The highest BCUT2D eigenvalue weighted by Gasteiger charge is 2.20. The van der Waals surface area contributed by atoms with Crippen molar-refractivity contribution in [3.63, 3.8) is 0 Å². The van der Waals surface area contributed by atoms with Gasteiger partial charge < -0.3 is 10.7 Å². The first-order valence-electron chi connectivity index (χ1n) is 6.18. The zero-order chi connectivity index (χ0) is 14.3. The van der Waals surface area contributed by atoms with Crippen LogP contribution in [0.5, 0.6) is 0 Å². The van der Waals surface area contributed by atoms with Gasteiger partial charge in [-0.05, 0) is 37.0 Å². The van der Waals surface area contributed by atoms with Crippen LogP contribution in [0.1, 0.15) is 20.3 Å². The molecule has 0 saturated carbocycles. The van der Waals surface area contributed by atoms with E-state index in [1.807, 2.05) is 18.7 Å². The van der Waals surface area contributed by atoms with Gasteiger partial charge in [-0.1, -0.05) is 13.0 Å². The summed E-state index contributed by atoms with van der Waals surface area (Å²) in [5.41, 5.74) is 3.15. The highest BCUT2D eigenvalue weighted by Crippen LogP contribution is 2.32. The maximum atomic E-state index is 11.1. The van der Waals surface area contributed by atoms with Crippen molar-refractivity contribution in [1.29, 1.82) is 0 Å². The Hall–Kier alpha value is -1.47. The van der Waals surface area contributed by atoms with Crippen LogP contribution in [-0.2, 0) is 0 Å². The standard InChI is InChI=1S/C12H20N4O2S/c1-3-19-8-7-9(2)14-10-5-4-6-11(15-13)12(10)16(17)18/h4-6,9,14-15H,3,7-8,13H2,1-2H3. The fourth-order valence-corrected chi connectivity index (χ4v) is 2.52. The van der Waals surface area contributed by atoms with Crippen molar-refractivity contribution in [3.05, 3.63) is 28.3 Å². The lowest BCUT2D eigenvalue weighted by Crippen LogP contribution is -2.18. The molecule has 0 radical (unpaired) electrons. The lowest BCUT2D eigenvalue weighted by Gasteiger charge is -2.16. The zero-order valence-electron chi connectivity index (χ0n) is 11.2. The monoisotopic (exact) mass is 284 g/mol. The molecule has 1 aromatic carbocycles. The number of nitro groups is 1. The summed E-state index contributed by atoms with van der Waals surface area (Å²) < 4.78 is 0. The van der Waals surface area contributed by atoms with Crippen molar-refractivity contribution < 1.29 is 4.92 Å². The Kier molecular flexibility index (Phi) is 6.44. The Balaban J connectivity index is 2.79. The number of nitro benzene ring substituents is 1. The van der Waals surface area contributed by atoms with Crippen LogP contribution >= 0.6 is 11.8 Å². The van der Waals surface area contributed by atoms with Crippen LogP contribution in [0.4, 0.5) is 17.1 Å². The molecule has 4 N–H and O–H groups in total. The Morgan fingerprint density at radius 3 is 2.74 bits per heavy atom. The van der Waals surface area contributed by atoms with E-state index in [9.17, 15) is 10.1 Å². The normalized spacial score (nSPS) is 11.9. The highest BCUT2D eigenvalue weighted by atomic mass is 32.2. The van der Waals surface area contributed by atoms with Crippen LogP contribution in [0.15, 0.2) is 18.2 Å². The number of hydrogen-bond acceptors (Lipinski definition) is 6. The Bertz CT molecular complexity index is 428. The summed E-state index contributed by atoms with van der Waals surface area (Å²) in [4.78, 5) is 10.7. The maximum absolute atomic E-state index is 11.1. The lowest BCUT2D eigenvalue weighted by molar-refractivity contribution is -0.383. The largest absolute Gasteiger partial charge is 0.377 e. The van der Waals surface area contributed by atoms with Gasteiger partial charge in [0, 0.05) is 6.04 Å². The molecule has 0 aliphatic heterocycles. The van der Waals surface area contributed by atoms with Gasteiger partial charge in [-0.3, -0.25) is 16.0 Å². The lowest BCUT2D eigenvalue weighted by atomic mass is 10.2. The van der Waals surface area contributed by atoms with Gasteiger partial charge in [-0.15, -0.1) is 0 Å². The first kappa shape index (κ1) is 15.6. The smallest absolute Gasteiger partial charge is 0.316 e. The van der Waals surface area contributed by atoms with E-state index in [0.29, 0.717) is 11.4 Å². The third kappa shape index (κ3) is 4.60. The van der Waals surface area contributed by atoms with Crippen molar-refractivity contribution in [2.24, 2.45) is 5.84 Å². The first-order chi connectivity index (χ1) is 9.10. The summed E-state index contributed by atoms with van der Waals surface area (Å²) in [6.07, 6.45) is 0.954. The molecule has 1 rings (SSSR count). The first-order valence-corrected chi connectivity index (χ1v) is 7.33. The molecule has 7 heteroatoms. The molecule has 0 aliphatic carbocycles. The minimum atomic E-state index is -0.426. The van der Waals surface area contributed by atoms with Crippen LogP contribution in [0.25, 0.3) is 0 Å². The molecule has 0 saturated heterocycles. The summed E-state index contributed by atoms with van der Waals surface area (Å²) in [7, 11) is 0. The number of hydrazine groups is 1. The molecule has 1 unspecified atom stereocenters. The molecule has 106 valence electrons. The van der Waals surface area contributed by atoms with Crippen LogP contribution < -0.4 is 16.6 Å². The van der Waals surface area contributed by atoms with Gasteiger partial charge in [0.2, 0.25) is 0 Å². The predicted octanol–water partition coefficient (Wildman–Crippen LogP) is 2.82. The second-order valence-corrected chi connectivity index (χ2v) is 5.53.